The summed E-state index contributed by atoms with van der Waals surface area (Å²) < 4.78 is 4.74. The summed E-state index contributed by atoms with van der Waals surface area (Å²) in [5, 5.41) is 0.122. The molecule has 1 aromatic rings. The average Bonchev–Trinajstić information content (AvgIpc) is 2.65. The number of halogens is 1. The number of aromatic nitrogens is 2. The maximum atomic E-state index is 11.1. The van der Waals surface area contributed by atoms with Crippen LogP contribution in [0.4, 0.5) is 10.6 Å². The molecule has 5 nitrogen and oxygen atoms in total. The maximum absolute atomic E-state index is 11.1. The van der Waals surface area contributed by atoms with Gasteiger partial charge < -0.3 is 4.74 Å². The van der Waals surface area contributed by atoms with E-state index in [2.05, 4.69) is 23.8 Å². The summed E-state index contributed by atoms with van der Waals surface area (Å²) in [6.07, 6.45) is 2.35. The Hall–Kier alpha value is -1.36. The number of cyclic esters (lactones) is 1. The fourth-order valence-electron chi connectivity index (χ4n) is 1.08. The van der Waals surface area contributed by atoms with Crippen molar-refractivity contribution >= 4 is 23.5 Å². The number of carbonyl (C=O) groups is 1. The zero-order valence-corrected chi connectivity index (χ0v) is 10.1. The van der Waals surface area contributed by atoms with Crippen LogP contribution < -0.4 is 4.90 Å². The SMILES string of the molecule is CCC.O=C1OCCN1c1ccnc(Cl)n1. The second-order valence-electron chi connectivity index (χ2n) is 3.16. The van der Waals surface area contributed by atoms with E-state index in [9.17, 15) is 4.79 Å². The van der Waals surface area contributed by atoms with Gasteiger partial charge in [0.1, 0.15) is 12.4 Å². The second kappa shape index (κ2) is 6.27. The molecule has 1 saturated heterocycles. The highest BCUT2D eigenvalue weighted by Crippen LogP contribution is 2.16. The molecule has 1 amide bonds. The van der Waals surface area contributed by atoms with Crippen molar-refractivity contribution < 1.29 is 9.53 Å². The Morgan fingerprint density at radius 2 is 2.25 bits per heavy atom. The summed E-state index contributed by atoms with van der Waals surface area (Å²) in [6.45, 7) is 5.15. The molecule has 88 valence electrons. The van der Waals surface area contributed by atoms with Crippen molar-refractivity contribution in [3.8, 4) is 0 Å². The van der Waals surface area contributed by atoms with Gasteiger partial charge in [0, 0.05) is 6.20 Å². The lowest BCUT2D eigenvalue weighted by Gasteiger charge is -2.10. The van der Waals surface area contributed by atoms with Crippen LogP contribution in [0, 0.1) is 0 Å². The van der Waals surface area contributed by atoms with Crippen molar-refractivity contribution in [3.05, 3.63) is 17.5 Å². The van der Waals surface area contributed by atoms with E-state index in [-0.39, 0.29) is 5.28 Å². The van der Waals surface area contributed by atoms with Crippen LogP contribution in [0.5, 0.6) is 0 Å². The first-order valence-electron chi connectivity index (χ1n) is 5.11. The van der Waals surface area contributed by atoms with Crippen LogP contribution in [-0.2, 0) is 4.74 Å². The molecule has 0 bridgehead atoms. The molecular formula is C10H14ClN3O2. The Bertz CT molecular complexity index is 360. The highest BCUT2D eigenvalue weighted by atomic mass is 35.5. The summed E-state index contributed by atoms with van der Waals surface area (Å²) in [5.41, 5.74) is 0. The zero-order chi connectivity index (χ0) is 12.0. The molecule has 6 heteroatoms. The van der Waals surface area contributed by atoms with Gasteiger partial charge in [-0.15, -0.1) is 0 Å². The van der Waals surface area contributed by atoms with Gasteiger partial charge in [-0.05, 0) is 17.7 Å². The maximum Gasteiger partial charge on any atom is 0.415 e. The molecule has 0 saturated carbocycles. The van der Waals surface area contributed by atoms with Crippen molar-refractivity contribution in [2.45, 2.75) is 20.3 Å². The molecule has 0 radical (unpaired) electrons. The van der Waals surface area contributed by atoms with Gasteiger partial charge in [0.2, 0.25) is 5.28 Å². The largest absolute Gasteiger partial charge is 0.447 e. The molecular weight excluding hydrogens is 230 g/mol. The van der Waals surface area contributed by atoms with Gasteiger partial charge in [0.15, 0.2) is 0 Å². The third-order valence-corrected chi connectivity index (χ3v) is 1.83. The minimum Gasteiger partial charge on any atom is -0.447 e. The second-order valence-corrected chi connectivity index (χ2v) is 3.50. The van der Waals surface area contributed by atoms with Gasteiger partial charge in [-0.1, -0.05) is 20.3 Å². The van der Waals surface area contributed by atoms with E-state index in [1.807, 2.05) is 0 Å². The van der Waals surface area contributed by atoms with Crippen LogP contribution in [0.1, 0.15) is 20.3 Å². The quantitative estimate of drug-likeness (QED) is 0.711. The number of hydrogen-bond donors (Lipinski definition) is 0. The van der Waals surface area contributed by atoms with Gasteiger partial charge in [-0.2, -0.15) is 0 Å². The van der Waals surface area contributed by atoms with Gasteiger partial charge in [-0.3, -0.25) is 4.90 Å². The van der Waals surface area contributed by atoms with Crippen LogP contribution in [0.2, 0.25) is 5.28 Å². The average molecular weight is 244 g/mol. The topological polar surface area (TPSA) is 55.3 Å². The molecule has 0 atom stereocenters. The lowest BCUT2D eigenvalue weighted by Crippen LogP contribution is -2.24. The number of nitrogens with zero attached hydrogens (tertiary/aromatic N) is 3. The summed E-state index contributed by atoms with van der Waals surface area (Å²) in [5.74, 6) is 0.475. The Morgan fingerprint density at radius 3 is 2.75 bits per heavy atom. The minimum absolute atomic E-state index is 0.122. The van der Waals surface area contributed by atoms with E-state index in [4.69, 9.17) is 16.3 Å². The number of anilines is 1. The Balaban J connectivity index is 0.000000386. The smallest absolute Gasteiger partial charge is 0.415 e. The Labute approximate surface area is 99.4 Å². The van der Waals surface area contributed by atoms with E-state index >= 15 is 0 Å². The fraction of sp³-hybridized carbons (Fsp3) is 0.500. The molecule has 1 fully saturated rings. The van der Waals surface area contributed by atoms with Crippen molar-refractivity contribution in [2.24, 2.45) is 0 Å². The lowest BCUT2D eigenvalue weighted by molar-refractivity contribution is 0.181. The minimum atomic E-state index is -0.394. The van der Waals surface area contributed by atoms with Crippen LogP contribution in [-0.4, -0.2) is 29.2 Å². The Kier molecular flexibility index (Phi) is 4.98. The first-order chi connectivity index (χ1) is 7.69. The zero-order valence-electron chi connectivity index (χ0n) is 9.31. The van der Waals surface area contributed by atoms with Crippen molar-refractivity contribution in [3.63, 3.8) is 0 Å². The van der Waals surface area contributed by atoms with Gasteiger partial charge in [0.25, 0.3) is 0 Å². The predicted octanol–water partition coefficient (Wildman–Crippen LogP) is 2.50. The first-order valence-corrected chi connectivity index (χ1v) is 5.49. The van der Waals surface area contributed by atoms with Gasteiger partial charge in [0.05, 0.1) is 6.54 Å². The first kappa shape index (κ1) is 12.7. The summed E-state index contributed by atoms with van der Waals surface area (Å²) in [7, 11) is 0. The van der Waals surface area contributed by atoms with Crippen LogP contribution >= 0.6 is 11.6 Å². The van der Waals surface area contributed by atoms with E-state index in [0.29, 0.717) is 19.0 Å². The van der Waals surface area contributed by atoms with Gasteiger partial charge in [-0.25, -0.2) is 14.8 Å². The third-order valence-electron chi connectivity index (χ3n) is 1.65. The molecule has 0 aromatic carbocycles. The number of carbonyl (C=O) groups excluding carboxylic acids is 1. The van der Waals surface area contributed by atoms with Gasteiger partial charge >= 0.3 is 6.09 Å². The molecule has 1 aliphatic rings. The molecule has 2 rings (SSSR count). The van der Waals surface area contributed by atoms with Crippen molar-refractivity contribution in [1.82, 2.24) is 9.97 Å². The molecule has 0 unspecified atom stereocenters. The van der Waals surface area contributed by atoms with E-state index in [1.165, 1.54) is 17.5 Å². The van der Waals surface area contributed by atoms with Crippen LogP contribution in [0.15, 0.2) is 12.3 Å². The molecule has 2 heterocycles. The normalized spacial score (nSPS) is 14.2. The molecule has 16 heavy (non-hydrogen) atoms. The third kappa shape index (κ3) is 3.34. The number of rotatable bonds is 1. The number of ether oxygens (including phenoxy) is 1. The van der Waals surface area contributed by atoms with E-state index < -0.39 is 6.09 Å². The Morgan fingerprint density at radius 1 is 1.56 bits per heavy atom. The molecule has 1 aromatic heterocycles. The number of amides is 1. The molecule has 1 aliphatic heterocycles. The lowest BCUT2D eigenvalue weighted by atomic mass is 10.5. The monoisotopic (exact) mass is 243 g/mol. The molecule has 0 N–H and O–H groups in total. The van der Waals surface area contributed by atoms with E-state index in [0.717, 1.165) is 0 Å². The van der Waals surface area contributed by atoms with Crippen molar-refractivity contribution in [1.29, 1.82) is 0 Å². The van der Waals surface area contributed by atoms with Crippen LogP contribution in [0.25, 0.3) is 0 Å². The summed E-state index contributed by atoms with van der Waals surface area (Å²) >= 11 is 5.57. The predicted molar refractivity (Wildman–Crippen MR) is 61.7 cm³/mol. The fourth-order valence-corrected chi connectivity index (χ4v) is 1.22. The van der Waals surface area contributed by atoms with Crippen LogP contribution in [0.3, 0.4) is 0 Å². The standard InChI is InChI=1S/C7H6ClN3O2.C3H8/c8-6-9-2-1-5(10-6)11-3-4-13-7(11)12;1-3-2/h1-2H,3-4H2;3H2,1-2H3. The summed E-state index contributed by atoms with van der Waals surface area (Å²) in [4.78, 5) is 20.1. The van der Waals surface area contributed by atoms with Crippen molar-refractivity contribution in [2.75, 3.05) is 18.1 Å². The highest BCUT2D eigenvalue weighted by Gasteiger charge is 2.24. The number of hydrogen-bond acceptors (Lipinski definition) is 4. The highest BCUT2D eigenvalue weighted by molar-refractivity contribution is 6.28. The summed E-state index contributed by atoms with van der Waals surface area (Å²) in [6, 6.07) is 1.61. The molecule has 0 aliphatic carbocycles. The molecule has 0 spiro atoms. The van der Waals surface area contributed by atoms with E-state index in [1.54, 1.807) is 6.07 Å².